The van der Waals surface area contributed by atoms with Crippen LogP contribution in [0.15, 0.2) is 0 Å². The zero-order valence-electron chi connectivity index (χ0n) is 8.96. The van der Waals surface area contributed by atoms with E-state index < -0.39 is 18.7 Å². The molecule has 0 aliphatic carbocycles. The zero-order valence-corrected chi connectivity index (χ0v) is 8.96. The molecular formula is C8H22N2O4. The molecule has 0 aliphatic heterocycles. The maximum Gasteiger partial charge on any atom is 0.108 e. The summed E-state index contributed by atoms with van der Waals surface area (Å²) in [6.07, 6.45) is -2.50. The van der Waals surface area contributed by atoms with E-state index in [-0.39, 0.29) is 6.61 Å². The first-order chi connectivity index (χ1) is 6.38. The van der Waals surface area contributed by atoms with E-state index >= 15 is 0 Å². The molecule has 0 radical (unpaired) electrons. The summed E-state index contributed by atoms with van der Waals surface area (Å²) in [5.74, 6) is 0. The van der Waals surface area contributed by atoms with Crippen molar-refractivity contribution in [3.8, 4) is 0 Å². The number of nitrogens with zero attached hydrogens (tertiary/aromatic N) is 1. The predicted molar refractivity (Wildman–Crippen MR) is 53.0 cm³/mol. The second kappa shape index (κ2) is 9.32. The van der Waals surface area contributed by atoms with Crippen molar-refractivity contribution >= 4 is 0 Å². The third kappa shape index (κ3) is 8.36. The van der Waals surface area contributed by atoms with E-state index in [2.05, 4.69) is 0 Å². The summed E-state index contributed by atoms with van der Waals surface area (Å²) >= 11 is 0. The molecule has 0 bridgehead atoms. The Hall–Kier alpha value is -0.240. The lowest BCUT2D eigenvalue weighted by molar-refractivity contribution is -0.159. The van der Waals surface area contributed by atoms with Crippen LogP contribution in [0.2, 0.25) is 0 Å². The van der Waals surface area contributed by atoms with E-state index in [0.717, 1.165) is 0 Å². The van der Waals surface area contributed by atoms with Crippen molar-refractivity contribution in [2.75, 3.05) is 13.2 Å². The summed E-state index contributed by atoms with van der Waals surface area (Å²) < 4.78 is 0. The minimum atomic E-state index is -0.833. The highest BCUT2D eigenvalue weighted by atomic mass is 16.4. The number of hydrogen-bond donors (Lipinski definition) is 5. The minimum absolute atomic E-state index is 0.0972. The molecule has 88 valence electrons. The zero-order chi connectivity index (χ0) is 11.7. The lowest BCUT2D eigenvalue weighted by Crippen LogP contribution is -2.45. The second-order valence-electron chi connectivity index (χ2n) is 2.86. The van der Waals surface area contributed by atoms with Crippen LogP contribution in [0.25, 0.3) is 0 Å². The molecule has 0 aromatic carbocycles. The van der Waals surface area contributed by atoms with Gasteiger partial charge in [0.2, 0.25) is 0 Å². The first-order valence-electron chi connectivity index (χ1n) is 4.51. The molecular weight excluding hydrogens is 188 g/mol. The third-order valence-electron chi connectivity index (χ3n) is 1.42. The van der Waals surface area contributed by atoms with E-state index in [0.29, 0.717) is 6.54 Å². The van der Waals surface area contributed by atoms with Crippen molar-refractivity contribution in [1.82, 2.24) is 4.90 Å². The first-order valence-corrected chi connectivity index (χ1v) is 4.51. The van der Waals surface area contributed by atoms with Gasteiger partial charge in [0.1, 0.15) is 18.7 Å². The Morgan fingerprint density at radius 1 is 1.00 bits per heavy atom. The van der Waals surface area contributed by atoms with Gasteiger partial charge in [-0.2, -0.15) is 0 Å². The molecule has 6 N–H and O–H groups in total. The first kappa shape index (κ1) is 16.2. The fourth-order valence-electron chi connectivity index (χ4n) is 0.937. The molecule has 0 fully saturated rings. The number of hydrogen-bond acceptors (Lipinski definition) is 6. The number of aliphatic hydroxyl groups is 4. The largest absolute Gasteiger partial charge is 0.395 e. The quantitative estimate of drug-likeness (QED) is 0.352. The Morgan fingerprint density at radius 2 is 1.21 bits per heavy atom. The molecule has 0 saturated carbocycles. The molecule has 0 rings (SSSR count). The van der Waals surface area contributed by atoms with Crippen LogP contribution in [0.3, 0.4) is 0 Å². The van der Waals surface area contributed by atoms with E-state index in [1.54, 1.807) is 0 Å². The van der Waals surface area contributed by atoms with Gasteiger partial charge in [0.05, 0.1) is 6.61 Å². The van der Waals surface area contributed by atoms with Crippen molar-refractivity contribution in [2.24, 2.45) is 5.73 Å². The molecule has 6 nitrogen and oxygen atoms in total. The highest BCUT2D eigenvalue weighted by Crippen LogP contribution is 2.04. The number of aliphatic hydroxyl groups excluding tert-OH is 4. The van der Waals surface area contributed by atoms with Gasteiger partial charge >= 0.3 is 0 Å². The lowest BCUT2D eigenvalue weighted by atomic mass is 10.4. The third-order valence-corrected chi connectivity index (χ3v) is 1.42. The monoisotopic (exact) mass is 210 g/mol. The van der Waals surface area contributed by atoms with E-state index in [1.807, 2.05) is 0 Å². The van der Waals surface area contributed by atoms with Gasteiger partial charge in [0, 0.05) is 6.54 Å². The van der Waals surface area contributed by atoms with Crippen LogP contribution in [0, 0.1) is 0 Å². The summed E-state index contributed by atoms with van der Waals surface area (Å²) in [6, 6.07) is 0. The smallest absolute Gasteiger partial charge is 0.108 e. The second-order valence-corrected chi connectivity index (χ2v) is 2.86. The summed E-state index contributed by atoms with van der Waals surface area (Å²) in [5.41, 5.74) is 4.78. The maximum atomic E-state index is 8.96. The van der Waals surface area contributed by atoms with Gasteiger partial charge < -0.3 is 26.2 Å². The standard InChI is InChI=1S/C6H15NO3.C2H7NO/c1-4(8)7(5(2)9)6(3)10;3-1-2-4/h4-6,8-10H,1-3H3;4H,1-3H2. The van der Waals surface area contributed by atoms with Gasteiger partial charge in [-0.3, -0.25) is 0 Å². The summed E-state index contributed by atoms with van der Waals surface area (Å²) in [6.45, 7) is 4.93. The molecule has 0 aliphatic rings. The molecule has 3 atom stereocenters. The van der Waals surface area contributed by atoms with Crippen molar-refractivity contribution in [3.05, 3.63) is 0 Å². The van der Waals surface area contributed by atoms with Crippen molar-refractivity contribution in [2.45, 2.75) is 39.5 Å². The molecule has 0 aromatic heterocycles. The van der Waals surface area contributed by atoms with E-state index in [4.69, 9.17) is 26.2 Å². The molecule has 0 amide bonds. The van der Waals surface area contributed by atoms with Gasteiger partial charge in [-0.25, -0.2) is 4.90 Å². The highest BCUT2D eigenvalue weighted by molar-refractivity contribution is 4.58. The average Bonchev–Trinajstić information content (AvgIpc) is 2.02. The molecule has 0 saturated heterocycles. The topological polar surface area (TPSA) is 110 Å². The summed E-state index contributed by atoms with van der Waals surface area (Å²) in [7, 11) is 0. The average molecular weight is 210 g/mol. The van der Waals surface area contributed by atoms with Crippen LogP contribution in [-0.2, 0) is 0 Å². The number of rotatable bonds is 4. The summed E-state index contributed by atoms with van der Waals surface area (Å²) in [4.78, 5) is 1.17. The van der Waals surface area contributed by atoms with Gasteiger partial charge in [0.15, 0.2) is 0 Å². The van der Waals surface area contributed by atoms with E-state index in [1.165, 1.54) is 25.7 Å². The molecule has 6 heteroatoms. The van der Waals surface area contributed by atoms with Gasteiger partial charge in [0.25, 0.3) is 0 Å². The Labute approximate surface area is 84.6 Å². The minimum Gasteiger partial charge on any atom is -0.395 e. The molecule has 0 aromatic rings. The van der Waals surface area contributed by atoms with Gasteiger partial charge in [-0.15, -0.1) is 0 Å². The van der Waals surface area contributed by atoms with E-state index in [9.17, 15) is 0 Å². The fraction of sp³-hybridized carbons (Fsp3) is 1.00. The molecule has 0 spiro atoms. The Kier molecular flexibility index (Phi) is 10.8. The Bertz CT molecular complexity index is 98.9. The molecule has 14 heavy (non-hydrogen) atoms. The lowest BCUT2D eigenvalue weighted by Gasteiger charge is -2.30. The highest BCUT2D eigenvalue weighted by Gasteiger charge is 2.20. The normalized spacial score (nSPS) is 16.9. The molecule has 3 unspecified atom stereocenters. The van der Waals surface area contributed by atoms with Crippen LogP contribution in [0.4, 0.5) is 0 Å². The fourth-order valence-corrected chi connectivity index (χ4v) is 0.937. The van der Waals surface area contributed by atoms with Crippen LogP contribution < -0.4 is 5.73 Å². The van der Waals surface area contributed by atoms with Crippen molar-refractivity contribution in [1.29, 1.82) is 0 Å². The van der Waals surface area contributed by atoms with Crippen LogP contribution in [0.1, 0.15) is 20.8 Å². The SMILES string of the molecule is CC(O)N(C(C)O)C(C)O.NCCO. The van der Waals surface area contributed by atoms with Crippen LogP contribution in [0.5, 0.6) is 0 Å². The number of nitrogens with two attached hydrogens (primary N) is 1. The van der Waals surface area contributed by atoms with Gasteiger partial charge in [-0.05, 0) is 20.8 Å². The van der Waals surface area contributed by atoms with Crippen molar-refractivity contribution < 1.29 is 20.4 Å². The van der Waals surface area contributed by atoms with Crippen LogP contribution in [-0.4, -0.2) is 57.2 Å². The Morgan fingerprint density at radius 3 is 1.21 bits per heavy atom. The van der Waals surface area contributed by atoms with Crippen LogP contribution >= 0.6 is 0 Å². The maximum absolute atomic E-state index is 8.96. The predicted octanol–water partition coefficient (Wildman–Crippen LogP) is -1.76. The molecule has 0 heterocycles. The Balaban J connectivity index is 0. The van der Waals surface area contributed by atoms with Crippen molar-refractivity contribution in [3.63, 3.8) is 0 Å². The summed E-state index contributed by atoms with van der Waals surface area (Å²) in [5, 5.41) is 34.6. The van der Waals surface area contributed by atoms with Gasteiger partial charge in [-0.1, -0.05) is 0 Å².